The topological polar surface area (TPSA) is 0 Å². The molecule has 0 nitrogen and oxygen atoms in total. The van der Waals surface area contributed by atoms with Crippen LogP contribution >= 0.6 is 26.2 Å². The predicted molar refractivity (Wildman–Crippen MR) is 67.5 cm³/mol. The van der Waals surface area contributed by atoms with Crippen molar-refractivity contribution < 1.29 is 0 Å². The standard InChI is InChI=1S/C10H23P.BrH/c1-2-3-4-5-6-7-8-9-10-11;/h2-11H2,1H3;1H. The molecule has 0 spiro atoms. The maximum atomic E-state index is 2.79. The highest BCUT2D eigenvalue weighted by atomic mass is 79.9. The predicted octanol–water partition coefficient (Wildman–Crippen LogP) is 4.58. The van der Waals surface area contributed by atoms with Crippen molar-refractivity contribution in [2.75, 3.05) is 6.16 Å². The molecule has 0 aromatic rings. The molecule has 76 valence electrons. The second-order valence-electron chi connectivity index (χ2n) is 3.26. The van der Waals surface area contributed by atoms with E-state index in [1.54, 1.807) is 0 Å². The third-order valence-corrected chi connectivity index (χ3v) is 2.47. The van der Waals surface area contributed by atoms with E-state index in [0.29, 0.717) is 0 Å². The van der Waals surface area contributed by atoms with Crippen molar-refractivity contribution in [3.8, 4) is 0 Å². The van der Waals surface area contributed by atoms with E-state index < -0.39 is 0 Å². The Morgan fingerprint density at radius 1 is 0.750 bits per heavy atom. The van der Waals surface area contributed by atoms with Crippen LogP contribution in [0.2, 0.25) is 0 Å². The molecule has 0 saturated carbocycles. The number of halogens is 1. The Balaban J connectivity index is 0. The molecule has 1 atom stereocenters. The molecular weight excluding hydrogens is 231 g/mol. The molecular formula is C10H24BrP. The lowest BCUT2D eigenvalue weighted by Crippen LogP contribution is -1.80. The molecule has 0 bridgehead atoms. The average molecular weight is 255 g/mol. The number of hydrogen-bond acceptors (Lipinski definition) is 0. The molecule has 12 heavy (non-hydrogen) atoms. The average Bonchev–Trinajstić information content (AvgIpc) is 2.03. The van der Waals surface area contributed by atoms with Crippen LogP contribution in [-0.2, 0) is 0 Å². The van der Waals surface area contributed by atoms with E-state index >= 15 is 0 Å². The molecule has 0 saturated heterocycles. The Labute approximate surface area is 90.9 Å². The minimum absolute atomic E-state index is 0. The van der Waals surface area contributed by atoms with Gasteiger partial charge in [0.05, 0.1) is 0 Å². The second kappa shape index (κ2) is 14.4. The summed E-state index contributed by atoms with van der Waals surface area (Å²) in [6, 6.07) is 0. The van der Waals surface area contributed by atoms with Crippen LogP contribution in [0.4, 0.5) is 0 Å². The molecule has 0 fully saturated rings. The van der Waals surface area contributed by atoms with Crippen LogP contribution in [0.3, 0.4) is 0 Å². The maximum absolute atomic E-state index is 2.79. The van der Waals surface area contributed by atoms with Crippen molar-refractivity contribution in [3.63, 3.8) is 0 Å². The van der Waals surface area contributed by atoms with E-state index in [1.807, 2.05) is 0 Å². The molecule has 0 amide bonds. The Bertz CT molecular complexity index is 58.9. The van der Waals surface area contributed by atoms with Gasteiger partial charge in [0, 0.05) is 0 Å². The van der Waals surface area contributed by atoms with Crippen LogP contribution in [0, 0.1) is 0 Å². The maximum Gasteiger partial charge on any atom is -0.0381 e. The normalized spacial score (nSPS) is 9.50. The van der Waals surface area contributed by atoms with E-state index in [1.165, 1.54) is 57.5 Å². The summed E-state index contributed by atoms with van der Waals surface area (Å²) in [6.45, 7) is 2.27. The molecule has 0 rings (SSSR count). The van der Waals surface area contributed by atoms with Gasteiger partial charge in [-0.15, -0.1) is 26.2 Å². The Morgan fingerprint density at radius 3 is 1.58 bits per heavy atom. The lowest BCUT2D eigenvalue weighted by molar-refractivity contribution is 0.586. The third kappa shape index (κ3) is 13.5. The van der Waals surface area contributed by atoms with Gasteiger partial charge >= 0.3 is 0 Å². The lowest BCUT2D eigenvalue weighted by atomic mass is 10.1. The summed E-state index contributed by atoms with van der Waals surface area (Å²) >= 11 is 0. The number of unbranched alkanes of at least 4 members (excludes halogenated alkanes) is 7. The van der Waals surface area contributed by atoms with Crippen molar-refractivity contribution in [1.29, 1.82) is 0 Å². The van der Waals surface area contributed by atoms with Crippen LogP contribution in [0.1, 0.15) is 58.3 Å². The fourth-order valence-corrected chi connectivity index (χ4v) is 1.57. The molecule has 0 aliphatic heterocycles. The summed E-state index contributed by atoms with van der Waals surface area (Å²) in [5.74, 6) is 0. The van der Waals surface area contributed by atoms with E-state index in [2.05, 4.69) is 16.2 Å². The van der Waals surface area contributed by atoms with Crippen LogP contribution in [0.5, 0.6) is 0 Å². The van der Waals surface area contributed by atoms with Gasteiger partial charge in [-0.1, -0.05) is 51.9 Å². The second-order valence-corrected chi connectivity index (χ2v) is 3.84. The zero-order chi connectivity index (χ0) is 8.36. The van der Waals surface area contributed by atoms with Gasteiger partial charge in [0.15, 0.2) is 0 Å². The minimum Gasteiger partial charge on any atom is -0.138 e. The molecule has 0 heterocycles. The monoisotopic (exact) mass is 254 g/mol. The molecule has 0 N–H and O–H groups in total. The summed E-state index contributed by atoms with van der Waals surface area (Å²) in [7, 11) is 2.79. The summed E-state index contributed by atoms with van der Waals surface area (Å²) < 4.78 is 0. The van der Waals surface area contributed by atoms with Crippen molar-refractivity contribution in [2.45, 2.75) is 58.3 Å². The van der Waals surface area contributed by atoms with Crippen molar-refractivity contribution in [2.24, 2.45) is 0 Å². The SMILES string of the molecule is Br.CCCCCCCCCCP. The highest BCUT2D eigenvalue weighted by Gasteiger charge is 1.89. The number of rotatable bonds is 8. The van der Waals surface area contributed by atoms with E-state index in [0.717, 1.165) is 0 Å². The molecule has 0 aromatic carbocycles. The van der Waals surface area contributed by atoms with E-state index in [-0.39, 0.29) is 17.0 Å². The van der Waals surface area contributed by atoms with Gasteiger partial charge in [-0.25, -0.2) is 0 Å². The minimum atomic E-state index is 0. The van der Waals surface area contributed by atoms with Crippen LogP contribution in [0.15, 0.2) is 0 Å². The van der Waals surface area contributed by atoms with Crippen molar-refractivity contribution in [1.82, 2.24) is 0 Å². The molecule has 2 heteroatoms. The summed E-state index contributed by atoms with van der Waals surface area (Å²) in [4.78, 5) is 0. The van der Waals surface area contributed by atoms with Gasteiger partial charge in [0.25, 0.3) is 0 Å². The van der Waals surface area contributed by atoms with Gasteiger partial charge in [-0.3, -0.25) is 0 Å². The smallest absolute Gasteiger partial charge is 0.0381 e. The zero-order valence-corrected chi connectivity index (χ0v) is 11.2. The quantitative estimate of drug-likeness (QED) is 0.440. The first-order valence-electron chi connectivity index (χ1n) is 5.12. The third-order valence-electron chi connectivity index (χ3n) is 2.06. The number of hydrogen-bond donors (Lipinski definition) is 0. The van der Waals surface area contributed by atoms with Crippen molar-refractivity contribution in [3.05, 3.63) is 0 Å². The molecule has 0 aromatic heterocycles. The van der Waals surface area contributed by atoms with Crippen LogP contribution in [-0.4, -0.2) is 6.16 Å². The highest BCUT2D eigenvalue weighted by molar-refractivity contribution is 8.93. The fourth-order valence-electron chi connectivity index (χ4n) is 1.28. The Kier molecular flexibility index (Phi) is 18.5. The Morgan fingerprint density at radius 2 is 1.17 bits per heavy atom. The summed E-state index contributed by atoms with van der Waals surface area (Å²) in [5, 5.41) is 0. The molecule has 1 unspecified atom stereocenters. The van der Waals surface area contributed by atoms with Gasteiger partial charge < -0.3 is 0 Å². The molecule has 0 radical (unpaired) electrons. The first kappa shape index (κ1) is 15.4. The highest BCUT2D eigenvalue weighted by Crippen LogP contribution is 2.08. The van der Waals surface area contributed by atoms with E-state index in [9.17, 15) is 0 Å². The van der Waals surface area contributed by atoms with E-state index in [4.69, 9.17) is 0 Å². The largest absolute Gasteiger partial charge is 0.138 e. The first-order valence-corrected chi connectivity index (χ1v) is 5.93. The van der Waals surface area contributed by atoms with Crippen LogP contribution < -0.4 is 0 Å². The van der Waals surface area contributed by atoms with Crippen molar-refractivity contribution >= 4 is 26.2 Å². The summed E-state index contributed by atoms with van der Waals surface area (Å²) in [6.07, 6.45) is 12.8. The van der Waals surface area contributed by atoms with Gasteiger partial charge in [0.1, 0.15) is 0 Å². The first-order chi connectivity index (χ1) is 5.41. The Hall–Kier alpha value is 0.910. The fraction of sp³-hybridized carbons (Fsp3) is 1.00. The van der Waals surface area contributed by atoms with Gasteiger partial charge in [-0.2, -0.15) is 0 Å². The van der Waals surface area contributed by atoms with Gasteiger partial charge in [-0.05, 0) is 12.6 Å². The molecule has 0 aliphatic carbocycles. The molecule has 0 aliphatic rings. The van der Waals surface area contributed by atoms with Crippen LogP contribution in [0.25, 0.3) is 0 Å². The summed E-state index contributed by atoms with van der Waals surface area (Å²) in [5.41, 5.74) is 0. The lowest BCUT2D eigenvalue weighted by Gasteiger charge is -1.98. The van der Waals surface area contributed by atoms with Gasteiger partial charge in [0.2, 0.25) is 0 Å². The zero-order valence-electron chi connectivity index (χ0n) is 8.35.